The third kappa shape index (κ3) is 3.48. The van der Waals surface area contributed by atoms with Crippen molar-refractivity contribution in [3.63, 3.8) is 0 Å². The predicted octanol–water partition coefficient (Wildman–Crippen LogP) is 1.36. The lowest BCUT2D eigenvalue weighted by Gasteiger charge is -2.36. The van der Waals surface area contributed by atoms with Crippen molar-refractivity contribution in [1.82, 2.24) is 9.80 Å². The molecule has 1 aromatic carbocycles. The van der Waals surface area contributed by atoms with Crippen molar-refractivity contribution in [2.24, 2.45) is 0 Å². The summed E-state index contributed by atoms with van der Waals surface area (Å²) in [6.07, 6.45) is 0.665. The summed E-state index contributed by atoms with van der Waals surface area (Å²) in [6.45, 7) is -0.616. The molecule has 2 aliphatic rings. The van der Waals surface area contributed by atoms with E-state index < -0.39 is 6.61 Å². The van der Waals surface area contributed by atoms with Crippen LogP contribution in [0.1, 0.15) is 16.8 Å². The number of piperazine rings is 1. The number of nitrogens with zero attached hydrogens (tertiary/aromatic N) is 2. The highest BCUT2D eigenvalue weighted by atomic mass is 19.3. The van der Waals surface area contributed by atoms with Crippen LogP contribution in [0.2, 0.25) is 0 Å². The van der Waals surface area contributed by atoms with Gasteiger partial charge in [-0.25, -0.2) is 0 Å². The summed E-state index contributed by atoms with van der Waals surface area (Å²) < 4.78 is 34.3. The second-order valence-corrected chi connectivity index (χ2v) is 5.67. The summed E-state index contributed by atoms with van der Waals surface area (Å²) in [5.74, 6) is -0.690. The predicted molar refractivity (Wildman–Crippen MR) is 79.9 cm³/mol. The van der Waals surface area contributed by atoms with Crippen LogP contribution in [-0.2, 0) is 9.53 Å². The van der Waals surface area contributed by atoms with E-state index in [4.69, 9.17) is 4.74 Å². The Balaban J connectivity index is 1.64. The largest absolute Gasteiger partial charge is 0.464 e. The fourth-order valence-corrected chi connectivity index (χ4v) is 3.07. The molecule has 6 nitrogen and oxygen atoms in total. The molecule has 1 aromatic rings. The Morgan fingerprint density at radius 2 is 1.92 bits per heavy atom. The molecule has 24 heavy (non-hydrogen) atoms. The number of alkyl halides is 2. The second-order valence-electron chi connectivity index (χ2n) is 5.67. The van der Waals surface area contributed by atoms with Gasteiger partial charge in [0.1, 0.15) is 11.8 Å². The van der Waals surface area contributed by atoms with Gasteiger partial charge in [0.2, 0.25) is 0 Å². The van der Waals surface area contributed by atoms with Gasteiger partial charge in [-0.1, -0.05) is 12.1 Å². The van der Waals surface area contributed by atoms with Gasteiger partial charge in [-0.05, 0) is 12.1 Å². The minimum Gasteiger partial charge on any atom is -0.464 e. The van der Waals surface area contributed by atoms with E-state index in [-0.39, 0.29) is 29.2 Å². The summed E-state index contributed by atoms with van der Waals surface area (Å²) >= 11 is 0. The van der Waals surface area contributed by atoms with E-state index in [2.05, 4.69) is 4.74 Å². The van der Waals surface area contributed by atoms with E-state index in [1.54, 1.807) is 11.0 Å². The minimum atomic E-state index is -2.98. The Morgan fingerprint density at radius 1 is 1.21 bits per heavy atom. The van der Waals surface area contributed by atoms with Crippen LogP contribution in [0.4, 0.5) is 8.78 Å². The molecule has 0 bridgehead atoms. The lowest BCUT2D eigenvalue weighted by molar-refractivity contribution is -0.142. The van der Waals surface area contributed by atoms with Crippen LogP contribution in [0.5, 0.6) is 5.75 Å². The van der Waals surface area contributed by atoms with Gasteiger partial charge in [-0.15, -0.1) is 0 Å². The highest BCUT2D eigenvalue weighted by Crippen LogP contribution is 2.23. The van der Waals surface area contributed by atoms with Crippen molar-refractivity contribution >= 4 is 11.9 Å². The molecular formula is C16H18F2N2O4. The molecule has 0 aromatic heterocycles. The second kappa shape index (κ2) is 7.12. The Morgan fingerprint density at radius 3 is 2.54 bits per heavy atom. The zero-order chi connectivity index (χ0) is 17.1. The van der Waals surface area contributed by atoms with Crippen LogP contribution in [-0.4, -0.2) is 67.1 Å². The van der Waals surface area contributed by atoms with E-state index in [0.717, 1.165) is 0 Å². The first-order valence-electron chi connectivity index (χ1n) is 7.80. The van der Waals surface area contributed by atoms with Crippen LogP contribution >= 0.6 is 0 Å². The monoisotopic (exact) mass is 340 g/mol. The van der Waals surface area contributed by atoms with Gasteiger partial charge in [-0.2, -0.15) is 8.78 Å². The quantitative estimate of drug-likeness (QED) is 0.775. The van der Waals surface area contributed by atoms with Crippen LogP contribution in [0, 0.1) is 0 Å². The number of rotatable bonds is 4. The molecule has 1 amide bonds. The van der Waals surface area contributed by atoms with Gasteiger partial charge in [0.05, 0.1) is 12.2 Å². The third-order valence-electron chi connectivity index (χ3n) is 4.28. The van der Waals surface area contributed by atoms with Crippen molar-refractivity contribution in [3.05, 3.63) is 29.8 Å². The number of carbonyl (C=O) groups is 2. The molecule has 8 heteroatoms. The lowest BCUT2D eigenvalue weighted by Crippen LogP contribution is -2.53. The van der Waals surface area contributed by atoms with Gasteiger partial charge in [-0.3, -0.25) is 14.5 Å². The van der Waals surface area contributed by atoms with E-state index in [1.165, 1.54) is 18.2 Å². The van der Waals surface area contributed by atoms with E-state index in [9.17, 15) is 18.4 Å². The number of hydrogen-bond acceptors (Lipinski definition) is 5. The lowest BCUT2D eigenvalue weighted by atomic mass is 10.1. The van der Waals surface area contributed by atoms with Crippen molar-refractivity contribution in [3.8, 4) is 5.75 Å². The van der Waals surface area contributed by atoms with E-state index in [0.29, 0.717) is 39.2 Å². The molecule has 1 atom stereocenters. The summed E-state index contributed by atoms with van der Waals surface area (Å²) in [4.78, 5) is 27.8. The number of esters is 1. The Kier molecular flexibility index (Phi) is 4.94. The van der Waals surface area contributed by atoms with Gasteiger partial charge >= 0.3 is 12.6 Å². The number of halogens is 2. The first kappa shape index (κ1) is 16.6. The zero-order valence-electron chi connectivity index (χ0n) is 13.0. The molecule has 2 saturated heterocycles. The number of para-hydroxylation sites is 1. The van der Waals surface area contributed by atoms with Crippen LogP contribution in [0.3, 0.4) is 0 Å². The fourth-order valence-electron chi connectivity index (χ4n) is 3.07. The zero-order valence-corrected chi connectivity index (χ0v) is 13.0. The molecular weight excluding hydrogens is 322 g/mol. The van der Waals surface area contributed by atoms with Gasteiger partial charge < -0.3 is 14.4 Å². The molecule has 0 aliphatic carbocycles. The molecule has 0 spiro atoms. The normalized spacial score (nSPS) is 21.9. The number of benzene rings is 1. The molecule has 1 unspecified atom stereocenters. The molecule has 0 saturated carbocycles. The van der Waals surface area contributed by atoms with Gasteiger partial charge in [0, 0.05) is 32.6 Å². The van der Waals surface area contributed by atoms with Crippen molar-refractivity contribution < 1.29 is 27.8 Å². The molecule has 2 fully saturated rings. The number of cyclic esters (lactones) is 1. The highest BCUT2D eigenvalue weighted by Gasteiger charge is 2.35. The maximum Gasteiger partial charge on any atom is 0.387 e. The third-order valence-corrected chi connectivity index (χ3v) is 4.28. The topological polar surface area (TPSA) is 59.1 Å². The Bertz CT molecular complexity index is 618. The minimum absolute atomic E-state index is 0.117. The summed E-state index contributed by atoms with van der Waals surface area (Å²) in [5, 5.41) is 0. The van der Waals surface area contributed by atoms with Crippen molar-refractivity contribution in [2.75, 3.05) is 32.8 Å². The van der Waals surface area contributed by atoms with E-state index >= 15 is 0 Å². The first-order valence-corrected chi connectivity index (χ1v) is 7.80. The number of hydrogen-bond donors (Lipinski definition) is 0. The molecule has 0 radical (unpaired) electrons. The van der Waals surface area contributed by atoms with Crippen LogP contribution < -0.4 is 4.74 Å². The summed E-state index contributed by atoms with van der Waals surface area (Å²) in [5.41, 5.74) is 0.117. The SMILES string of the molecule is O=C1OCCC1N1CCN(C(=O)c2ccccc2OC(F)F)CC1. The summed E-state index contributed by atoms with van der Waals surface area (Å²) in [7, 11) is 0. The number of ether oxygens (including phenoxy) is 2. The van der Waals surface area contributed by atoms with Gasteiger partial charge in [0.15, 0.2) is 0 Å². The summed E-state index contributed by atoms with van der Waals surface area (Å²) in [6, 6.07) is 5.73. The van der Waals surface area contributed by atoms with Crippen LogP contribution in [0.15, 0.2) is 24.3 Å². The highest BCUT2D eigenvalue weighted by molar-refractivity contribution is 5.97. The molecule has 0 N–H and O–H groups in total. The number of amides is 1. The van der Waals surface area contributed by atoms with Crippen LogP contribution in [0.25, 0.3) is 0 Å². The van der Waals surface area contributed by atoms with Crippen molar-refractivity contribution in [2.45, 2.75) is 19.1 Å². The average molecular weight is 340 g/mol. The van der Waals surface area contributed by atoms with E-state index in [1.807, 2.05) is 4.90 Å². The maximum absolute atomic E-state index is 12.6. The molecule has 2 heterocycles. The maximum atomic E-state index is 12.6. The Hall–Kier alpha value is -2.22. The molecule has 130 valence electrons. The van der Waals surface area contributed by atoms with Gasteiger partial charge in [0.25, 0.3) is 5.91 Å². The molecule has 2 aliphatic heterocycles. The fraction of sp³-hybridized carbons (Fsp3) is 0.500. The Labute approximate surface area is 137 Å². The first-order chi connectivity index (χ1) is 11.6. The molecule has 3 rings (SSSR count). The standard InChI is InChI=1S/C16H18F2N2O4/c17-16(18)24-13-4-2-1-3-11(13)14(21)20-8-6-19(7-9-20)12-5-10-23-15(12)22/h1-4,12,16H,5-10H2. The van der Waals surface area contributed by atoms with Crippen molar-refractivity contribution in [1.29, 1.82) is 0 Å². The smallest absolute Gasteiger partial charge is 0.387 e. The average Bonchev–Trinajstić information content (AvgIpc) is 3.00. The number of carbonyl (C=O) groups excluding carboxylic acids is 2.